The van der Waals surface area contributed by atoms with Crippen molar-refractivity contribution in [2.45, 2.75) is 26.3 Å². The number of likely N-dealkylation sites (N-methyl/N-ethyl adjacent to an activating group) is 1. The Morgan fingerprint density at radius 1 is 1.70 bits per heavy atom. The normalized spacial score (nSPS) is 15.4. The minimum Gasteiger partial charge on any atom is -0.392 e. The molecule has 0 bridgehead atoms. The number of hydrogen-bond donors (Lipinski definition) is 2. The number of rotatable bonds is 4. The molecule has 0 spiro atoms. The van der Waals surface area contributed by atoms with E-state index in [1.807, 2.05) is 14.0 Å². The van der Waals surface area contributed by atoms with Gasteiger partial charge in [0.05, 0.1) is 6.61 Å². The maximum Gasteiger partial charge on any atom is 0.0639 e. The second kappa shape index (κ2) is 5.45. The smallest absolute Gasteiger partial charge is 0.0639 e. The van der Waals surface area contributed by atoms with E-state index in [4.69, 9.17) is 5.11 Å². The van der Waals surface area contributed by atoms with Crippen molar-refractivity contribution in [3.8, 4) is 0 Å². The Morgan fingerprint density at radius 3 is 2.60 bits per heavy atom. The lowest BCUT2D eigenvalue weighted by atomic mass is 10.1. The number of aliphatic hydroxyl groups is 1. The Morgan fingerprint density at radius 2 is 2.30 bits per heavy atom. The lowest BCUT2D eigenvalue weighted by molar-refractivity contribution is 0.330. The predicted octanol–water partition coefficient (Wildman–Crippen LogP) is 0.923. The van der Waals surface area contributed by atoms with E-state index in [0.29, 0.717) is 6.04 Å². The molecule has 0 saturated heterocycles. The van der Waals surface area contributed by atoms with E-state index in [0.717, 1.165) is 12.0 Å². The number of aliphatic hydroxyl groups excluding tert-OH is 1. The molecule has 0 fully saturated rings. The quantitative estimate of drug-likeness (QED) is 0.574. The molecule has 0 aromatic carbocycles. The zero-order chi connectivity index (χ0) is 7.98. The lowest BCUT2D eigenvalue weighted by Crippen LogP contribution is -2.22. The summed E-state index contributed by atoms with van der Waals surface area (Å²) in [5.41, 5.74) is 1.03. The topological polar surface area (TPSA) is 32.3 Å². The van der Waals surface area contributed by atoms with Crippen LogP contribution in [0.3, 0.4) is 0 Å². The highest BCUT2D eigenvalue weighted by molar-refractivity contribution is 5.03. The summed E-state index contributed by atoms with van der Waals surface area (Å²) in [5, 5.41) is 11.8. The van der Waals surface area contributed by atoms with Gasteiger partial charge in [0.25, 0.3) is 0 Å². The third-order valence-electron chi connectivity index (χ3n) is 1.55. The molecule has 2 N–H and O–H groups in total. The summed E-state index contributed by atoms with van der Waals surface area (Å²) in [6, 6.07) is 0.409. The Bertz CT molecular complexity index is 106. The summed E-state index contributed by atoms with van der Waals surface area (Å²) in [7, 11) is 1.93. The highest BCUT2D eigenvalue weighted by atomic mass is 16.3. The van der Waals surface area contributed by atoms with Gasteiger partial charge in [-0.3, -0.25) is 0 Å². The van der Waals surface area contributed by atoms with Crippen LogP contribution in [0.2, 0.25) is 0 Å². The molecule has 10 heavy (non-hydrogen) atoms. The van der Waals surface area contributed by atoms with E-state index in [1.54, 1.807) is 0 Å². The van der Waals surface area contributed by atoms with Gasteiger partial charge in [-0.2, -0.15) is 0 Å². The van der Waals surface area contributed by atoms with Crippen LogP contribution in [-0.2, 0) is 0 Å². The van der Waals surface area contributed by atoms with Gasteiger partial charge in [-0.05, 0) is 20.4 Å². The predicted molar refractivity (Wildman–Crippen MR) is 44.0 cm³/mol. The van der Waals surface area contributed by atoms with Gasteiger partial charge in [-0.25, -0.2) is 0 Å². The molecular weight excluding hydrogens is 126 g/mol. The van der Waals surface area contributed by atoms with Crippen molar-refractivity contribution in [3.05, 3.63) is 11.6 Å². The molecule has 2 nitrogen and oxygen atoms in total. The maximum atomic E-state index is 8.68. The molecule has 60 valence electrons. The van der Waals surface area contributed by atoms with Crippen molar-refractivity contribution in [2.24, 2.45) is 0 Å². The SMILES string of the molecule is CC[C@@H](/C=C(\C)CO)NC. The van der Waals surface area contributed by atoms with Crippen molar-refractivity contribution in [3.63, 3.8) is 0 Å². The molecule has 0 radical (unpaired) electrons. The minimum absolute atomic E-state index is 0.165. The zero-order valence-corrected chi connectivity index (χ0v) is 7.02. The average molecular weight is 143 g/mol. The lowest BCUT2D eigenvalue weighted by Gasteiger charge is -2.08. The van der Waals surface area contributed by atoms with Crippen molar-refractivity contribution in [2.75, 3.05) is 13.7 Å². The molecule has 0 amide bonds. The molecule has 1 atom stereocenters. The van der Waals surface area contributed by atoms with Crippen LogP contribution in [0.4, 0.5) is 0 Å². The first-order valence-corrected chi connectivity index (χ1v) is 3.70. The maximum absolute atomic E-state index is 8.68. The Labute approximate surface area is 62.9 Å². The fraction of sp³-hybridized carbons (Fsp3) is 0.750. The summed E-state index contributed by atoms with van der Waals surface area (Å²) in [6.45, 7) is 4.21. The molecule has 0 aliphatic rings. The van der Waals surface area contributed by atoms with Gasteiger partial charge in [0.15, 0.2) is 0 Å². The third kappa shape index (κ3) is 3.64. The van der Waals surface area contributed by atoms with Crippen molar-refractivity contribution in [1.29, 1.82) is 0 Å². The van der Waals surface area contributed by atoms with Crippen LogP contribution < -0.4 is 5.32 Å². The molecule has 0 saturated carbocycles. The minimum atomic E-state index is 0.165. The molecule has 0 unspecified atom stereocenters. The molecule has 0 aromatic rings. The van der Waals surface area contributed by atoms with E-state index in [9.17, 15) is 0 Å². The summed E-state index contributed by atoms with van der Waals surface area (Å²) in [6.07, 6.45) is 3.12. The number of nitrogens with one attached hydrogen (secondary N) is 1. The standard InChI is InChI=1S/C8H17NO/c1-4-8(9-3)5-7(2)6-10/h5,8-10H,4,6H2,1-3H3/b7-5+/t8-/m0/s1. The van der Waals surface area contributed by atoms with Crippen LogP contribution in [-0.4, -0.2) is 24.8 Å². The van der Waals surface area contributed by atoms with Gasteiger partial charge in [-0.1, -0.05) is 18.6 Å². The van der Waals surface area contributed by atoms with Gasteiger partial charge in [0, 0.05) is 6.04 Å². The molecule has 0 aliphatic heterocycles. The number of hydrogen-bond acceptors (Lipinski definition) is 2. The average Bonchev–Trinajstić information content (AvgIpc) is 1.99. The first-order chi connectivity index (χ1) is 4.74. The van der Waals surface area contributed by atoms with Crippen molar-refractivity contribution >= 4 is 0 Å². The van der Waals surface area contributed by atoms with E-state index in [-0.39, 0.29) is 6.61 Å². The van der Waals surface area contributed by atoms with E-state index >= 15 is 0 Å². The highest BCUT2D eigenvalue weighted by Crippen LogP contribution is 1.97. The summed E-state index contributed by atoms with van der Waals surface area (Å²) in [5.74, 6) is 0. The van der Waals surface area contributed by atoms with E-state index in [1.165, 1.54) is 0 Å². The fourth-order valence-electron chi connectivity index (χ4n) is 0.801. The Hall–Kier alpha value is -0.340. The monoisotopic (exact) mass is 143 g/mol. The summed E-state index contributed by atoms with van der Waals surface area (Å²) < 4.78 is 0. The van der Waals surface area contributed by atoms with Crippen LogP contribution in [0.5, 0.6) is 0 Å². The van der Waals surface area contributed by atoms with Gasteiger partial charge >= 0.3 is 0 Å². The van der Waals surface area contributed by atoms with Crippen LogP contribution >= 0.6 is 0 Å². The third-order valence-corrected chi connectivity index (χ3v) is 1.55. The molecule has 2 heteroatoms. The van der Waals surface area contributed by atoms with Crippen LogP contribution in [0.1, 0.15) is 20.3 Å². The van der Waals surface area contributed by atoms with Crippen LogP contribution in [0, 0.1) is 0 Å². The van der Waals surface area contributed by atoms with Gasteiger partial charge in [-0.15, -0.1) is 0 Å². The fourth-order valence-corrected chi connectivity index (χ4v) is 0.801. The largest absolute Gasteiger partial charge is 0.392 e. The first-order valence-electron chi connectivity index (χ1n) is 3.70. The van der Waals surface area contributed by atoms with Gasteiger partial charge < -0.3 is 10.4 Å². The summed E-state index contributed by atoms with van der Waals surface area (Å²) in [4.78, 5) is 0. The van der Waals surface area contributed by atoms with Crippen molar-refractivity contribution < 1.29 is 5.11 Å². The highest BCUT2D eigenvalue weighted by Gasteiger charge is 1.96. The van der Waals surface area contributed by atoms with Crippen LogP contribution in [0.15, 0.2) is 11.6 Å². The van der Waals surface area contributed by atoms with E-state index in [2.05, 4.69) is 18.3 Å². The van der Waals surface area contributed by atoms with Crippen molar-refractivity contribution in [1.82, 2.24) is 5.32 Å². The Kier molecular flexibility index (Phi) is 5.26. The molecule has 0 rings (SSSR count). The van der Waals surface area contributed by atoms with Crippen LogP contribution in [0.25, 0.3) is 0 Å². The molecule has 0 aliphatic carbocycles. The zero-order valence-electron chi connectivity index (χ0n) is 7.02. The molecule has 0 heterocycles. The Balaban J connectivity index is 3.80. The second-order valence-corrected chi connectivity index (χ2v) is 2.47. The van der Waals surface area contributed by atoms with Gasteiger partial charge in [0.2, 0.25) is 0 Å². The molecular formula is C8H17NO. The summed E-state index contributed by atoms with van der Waals surface area (Å²) >= 11 is 0. The van der Waals surface area contributed by atoms with E-state index < -0.39 is 0 Å². The van der Waals surface area contributed by atoms with Gasteiger partial charge in [0.1, 0.15) is 0 Å². The second-order valence-electron chi connectivity index (χ2n) is 2.47. The first kappa shape index (κ1) is 9.66. The molecule has 0 aromatic heterocycles.